The van der Waals surface area contributed by atoms with Crippen LogP contribution in [0.15, 0.2) is 11.2 Å². The molecular formula is C11H10F2N6O. The predicted octanol–water partition coefficient (Wildman–Crippen LogP) is 0.579. The monoisotopic (exact) mass is 280 g/mol. The Morgan fingerprint density at radius 3 is 2.85 bits per heavy atom. The number of nitriles is 1. The molecule has 1 aromatic heterocycles. The Bertz CT molecular complexity index is 746. The summed E-state index contributed by atoms with van der Waals surface area (Å²) >= 11 is 0. The van der Waals surface area contributed by atoms with Gasteiger partial charge in [-0.3, -0.25) is 0 Å². The Morgan fingerprint density at radius 1 is 1.55 bits per heavy atom. The number of amidine groups is 1. The number of nitrogen functional groups attached to an aromatic ring is 1. The van der Waals surface area contributed by atoms with Crippen LogP contribution in [0, 0.1) is 23.0 Å². The lowest BCUT2D eigenvalue weighted by Gasteiger charge is -2.05. The molecule has 1 aromatic carbocycles. The number of fused-ring (bicyclic) bond motifs is 1. The van der Waals surface area contributed by atoms with Crippen LogP contribution in [0.4, 0.5) is 8.78 Å². The lowest BCUT2D eigenvalue weighted by molar-refractivity contribution is 0.318. The van der Waals surface area contributed by atoms with E-state index in [9.17, 15) is 8.78 Å². The highest BCUT2D eigenvalue weighted by Gasteiger charge is 2.21. The number of hydrogen-bond donors (Lipinski definition) is 3. The minimum absolute atomic E-state index is 0.00728. The number of nitrogens with two attached hydrogens (primary N) is 2. The molecule has 0 amide bonds. The normalized spacial score (nSPS) is 11.8. The third-order valence-electron chi connectivity index (χ3n) is 2.77. The summed E-state index contributed by atoms with van der Waals surface area (Å²) in [4.78, 5) is 3.87. The summed E-state index contributed by atoms with van der Waals surface area (Å²) in [6.45, 7) is 0. The zero-order valence-electron chi connectivity index (χ0n) is 10.1. The van der Waals surface area contributed by atoms with Crippen LogP contribution in [-0.4, -0.2) is 20.7 Å². The molecule has 0 saturated carbocycles. The molecule has 0 aliphatic heterocycles. The zero-order chi connectivity index (χ0) is 14.9. The summed E-state index contributed by atoms with van der Waals surface area (Å²) in [7, 11) is 0. The van der Waals surface area contributed by atoms with Gasteiger partial charge >= 0.3 is 0 Å². The van der Waals surface area contributed by atoms with Crippen LogP contribution in [0.25, 0.3) is 11.0 Å². The van der Waals surface area contributed by atoms with Crippen LogP contribution in [0.1, 0.15) is 17.8 Å². The fourth-order valence-electron chi connectivity index (χ4n) is 1.85. The second kappa shape index (κ2) is 5.00. The summed E-state index contributed by atoms with van der Waals surface area (Å²) in [6.07, 6.45) is 0.280. The molecule has 0 unspecified atom stereocenters. The Morgan fingerprint density at radius 2 is 2.25 bits per heavy atom. The molecule has 0 radical (unpaired) electrons. The Labute approximate surface area is 111 Å². The van der Waals surface area contributed by atoms with E-state index >= 15 is 0 Å². The topological polar surface area (TPSA) is 126 Å². The first-order valence-corrected chi connectivity index (χ1v) is 5.50. The van der Waals surface area contributed by atoms with E-state index in [2.05, 4.69) is 10.1 Å². The van der Waals surface area contributed by atoms with Gasteiger partial charge in [0.25, 0.3) is 0 Å². The number of rotatable bonds is 3. The van der Waals surface area contributed by atoms with E-state index < -0.39 is 17.5 Å². The van der Waals surface area contributed by atoms with E-state index in [1.165, 1.54) is 0 Å². The summed E-state index contributed by atoms with van der Waals surface area (Å²) in [6, 6.07) is 2.67. The molecule has 0 saturated heterocycles. The SMILES string of the molecule is N#CCCc1nc2c(F)c(F)cc(C(N)=NO)c2n1N. The highest BCUT2D eigenvalue weighted by Crippen LogP contribution is 2.24. The third kappa shape index (κ3) is 1.97. The highest BCUT2D eigenvalue weighted by atomic mass is 19.2. The Hall–Kier alpha value is -2.89. The largest absolute Gasteiger partial charge is 0.409 e. The van der Waals surface area contributed by atoms with E-state index in [1.807, 2.05) is 6.07 Å². The van der Waals surface area contributed by atoms with Crippen LogP contribution in [0.2, 0.25) is 0 Å². The Kier molecular flexibility index (Phi) is 3.39. The summed E-state index contributed by atoms with van der Waals surface area (Å²) in [5.41, 5.74) is 5.00. The average molecular weight is 280 g/mol. The average Bonchev–Trinajstić information content (AvgIpc) is 2.77. The maximum Gasteiger partial charge on any atom is 0.186 e. The first-order valence-electron chi connectivity index (χ1n) is 5.50. The summed E-state index contributed by atoms with van der Waals surface area (Å²) in [5, 5.41) is 20.0. The van der Waals surface area contributed by atoms with E-state index in [0.29, 0.717) is 0 Å². The first-order chi connectivity index (χ1) is 9.51. The van der Waals surface area contributed by atoms with E-state index in [0.717, 1.165) is 10.7 Å². The molecule has 9 heteroatoms. The maximum atomic E-state index is 13.7. The van der Waals surface area contributed by atoms with Gasteiger partial charge in [0.1, 0.15) is 16.9 Å². The molecule has 20 heavy (non-hydrogen) atoms. The summed E-state index contributed by atoms with van der Waals surface area (Å²) < 4.78 is 28.2. The lowest BCUT2D eigenvalue weighted by atomic mass is 10.1. The van der Waals surface area contributed by atoms with Crippen molar-refractivity contribution in [1.29, 1.82) is 5.26 Å². The minimum Gasteiger partial charge on any atom is -0.409 e. The second-order valence-corrected chi connectivity index (χ2v) is 3.96. The predicted molar refractivity (Wildman–Crippen MR) is 66.2 cm³/mol. The summed E-state index contributed by atoms with van der Waals surface area (Å²) in [5.74, 6) is 3.15. The molecule has 0 aliphatic carbocycles. The van der Waals surface area contributed by atoms with Crippen molar-refractivity contribution in [1.82, 2.24) is 9.66 Å². The molecular weight excluding hydrogens is 270 g/mol. The van der Waals surface area contributed by atoms with Gasteiger partial charge in [0.15, 0.2) is 17.5 Å². The quantitative estimate of drug-likeness (QED) is 0.249. The van der Waals surface area contributed by atoms with Crippen molar-refractivity contribution in [3.8, 4) is 6.07 Å². The molecule has 0 atom stereocenters. The molecule has 104 valence electrons. The first kappa shape index (κ1) is 13.5. The highest BCUT2D eigenvalue weighted by molar-refractivity contribution is 6.07. The molecule has 2 rings (SSSR count). The van der Waals surface area contributed by atoms with E-state index in [4.69, 9.17) is 22.0 Å². The number of aryl methyl sites for hydroxylation is 1. The second-order valence-electron chi connectivity index (χ2n) is 3.96. The van der Waals surface area contributed by atoms with Crippen molar-refractivity contribution in [3.63, 3.8) is 0 Å². The lowest BCUT2D eigenvalue weighted by Crippen LogP contribution is -2.19. The van der Waals surface area contributed by atoms with Gasteiger partial charge in [-0.1, -0.05) is 5.16 Å². The van der Waals surface area contributed by atoms with Crippen LogP contribution >= 0.6 is 0 Å². The van der Waals surface area contributed by atoms with Gasteiger partial charge in [-0.25, -0.2) is 18.4 Å². The standard InChI is InChI=1S/C11H10F2N6O/c12-6-4-5(11(15)18-20)10-9(8(6)13)17-7(19(10)16)2-1-3-14/h4,20H,1-2,16H2,(H2,15,18). The van der Waals surface area contributed by atoms with Gasteiger partial charge in [-0.05, 0) is 6.07 Å². The molecule has 0 bridgehead atoms. The molecule has 2 aromatic rings. The van der Waals surface area contributed by atoms with Crippen molar-refractivity contribution in [2.24, 2.45) is 10.9 Å². The number of imidazole rings is 1. The zero-order valence-corrected chi connectivity index (χ0v) is 10.1. The fourth-order valence-corrected chi connectivity index (χ4v) is 1.85. The van der Waals surface area contributed by atoms with Crippen molar-refractivity contribution in [3.05, 3.63) is 29.1 Å². The molecule has 0 aliphatic rings. The number of aromatic nitrogens is 2. The van der Waals surface area contributed by atoms with Crippen molar-refractivity contribution in [2.75, 3.05) is 5.84 Å². The number of halogens is 2. The van der Waals surface area contributed by atoms with Crippen LogP contribution in [0.5, 0.6) is 0 Å². The fraction of sp³-hybridized carbons (Fsp3) is 0.182. The molecule has 7 nitrogen and oxygen atoms in total. The van der Waals surface area contributed by atoms with Crippen LogP contribution < -0.4 is 11.6 Å². The van der Waals surface area contributed by atoms with Crippen LogP contribution in [-0.2, 0) is 6.42 Å². The van der Waals surface area contributed by atoms with Gasteiger partial charge < -0.3 is 16.8 Å². The van der Waals surface area contributed by atoms with Crippen molar-refractivity contribution in [2.45, 2.75) is 12.8 Å². The number of benzene rings is 1. The Balaban J connectivity index is 2.79. The van der Waals surface area contributed by atoms with Gasteiger partial charge in [-0.15, -0.1) is 0 Å². The minimum atomic E-state index is -1.19. The van der Waals surface area contributed by atoms with Crippen molar-refractivity contribution < 1.29 is 14.0 Å². The number of oxime groups is 1. The maximum absolute atomic E-state index is 13.7. The van der Waals surface area contributed by atoms with E-state index in [-0.39, 0.29) is 35.3 Å². The number of nitrogens with zero attached hydrogens (tertiary/aromatic N) is 4. The van der Waals surface area contributed by atoms with Crippen LogP contribution in [0.3, 0.4) is 0 Å². The smallest absolute Gasteiger partial charge is 0.186 e. The number of hydrogen-bond acceptors (Lipinski definition) is 5. The van der Waals surface area contributed by atoms with Gasteiger partial charge in [-0.2, -0.15) is 5.26 Å². The van der Waals surface area contributed by atoms with Gasteiger partial charge in [0.2, 0.25) is 0 Å². The van der Waals surface area contributed by atoms with Crippen molar-refractivity contribution >= 4 is 16.9 Å². The van der Waals surface area contributed by atoms with Gasteiger partial charge in [0, 0.05) is 12.8 Å². The third-order valence-corrected chi connectivity index (χ3v) is 2.77. The van der Waals surface area contributed by atoms with Gasteiger partial charge in [0.05, 0.1) is 11.6 Å². The molecule has 0 spiro atoms. The molecule has 1 heterocycles. The van der Waals surface area contributed by atoms with E-state index in [1.54, 1.807) is 0 Å². The molecule has 5 N–H and O–H groups in total. The molecule has 0 fully saturated rings.